The largest absolute Gasteiger partial charge is 0.379 e. The Labute approximate surface area is 97.2 Å². The predicted molar refractivity (Wildman–Crippen MR) is 63.2 cm³/mol. The lowest BCUT2D eigenvalue weighted by molar-refractivity contribution is 0.00477. The van der Waals surface area contributed by atoms with Crippen molar-refractivity contribution in [3.63, 3.8) is 0 Å². The van der Waals surface area contributed by atoms with Gasteiger partial charge < -0.3 is 4.74 Å². The summed E-state index contributed by atoms with van der Waals surface area (Å²) in [6.07, 6.45) is 1.57. The van der Waals surface area contributed by atoms with E-state index in [2.05, 4.69) is 11.5 Å². The maximum Gasteiger partial charge on any atom is 0.165 e. The van der Waals surface area contributed by atoms with Crippen LogP contribution < -0.4 is 0 Å². The summed E-state index contributed by atoms with van der Waals surface area (Å²) in [4.78, 5) is 2.22. The van der Waals surface area contributed by atoms with Crippen LogP contribution in [0.15, 0.2) is 12.7 Å². The Morgan fingerprint density at radius 2 is 1.94 bits per heavy atom. The number of morpholine rings is 1. The minimum absolute atomic E-state index is 0.0545. The Kier molecular flexibility index (Phi) is 2.88. The van der Waals surface area contributed by atoms with Crippen LogP contribution in [0.4, 0.5) is 0 Å². The molecular weight excluding hydrogens is 226 g/mol. The van der Waals surface area contributed by atoms with E-state index in [-0.39, 0.29) is 6.04 Å². The standard InChI is InChI=1S/C11H19NO3S/c1-4-9-10(11(2,3)16(9,13)14)12-5-7-15-8-6-12/h4,9-10H,1,5-8H2,2-3H3/t9-,10-/m1/s1. The van der Waals surface area contributed by atoms with Gasteiger partial charge in [-0.25, -0.2) is 8.42 Å². The molecule has 2 atom stereocenters. The minimum Gasteiger partial charge on any atom is -0.379 e. The summed E-state index contributed by atoms with van der Waals surface area (Å²) in [6.45, 7) is 10.3. The Morgan fingerprint density at radius 3 is 2.44 bits per heavy atom. The Bertz CT molecular complexity index is 382. The van der Waals surface area contributed by atoms with Crippen LogP contribution in [0.5, 0.6) is 0 Å². The molecule has 0 N–H and O–H groups in total. The summed E-state index contributed by atoms with van der Waals surface area (Å²) in [5, 5.41) is -0.416. The second-order valence-electron chi connectivity index (χ2n) is 4.94. The molecule has 92 valence electrons. The molecule has 0 aliphatic carbocycles. The number of nitrogens with zero attached hydrogens (tertiary/aromatic N) is 1. The Balaban J connectivity index is 2.24. The van der Waals surface area contributed by atoms with Gasteiger partial charge in [-0.2, -0.15) is 0 Å². The van der Waals surface area contributed by atoms with Crippen LogP contribution in [0.25, 0.3) is 0 Å². The van der Waals surface area contributed by atoms with Gasteiger partial charge in [-0.1, -0.05) is 6.08 Å². The van der Waals surface area contributed by atoms with Crippen LogP contribution in [0.1, 0.15) is 13.8 Å². The molecule has 0 radical (unpaired) electrons. The minimum atomic E-state index is -3.05. The van der Waals surface area contributed by atoms with Crippen molar-refractivity contribution in [2.75, 3.05) is 26.3 Å². The van der Waals surface area contributed by atoms with Crippen LogP contribution >= 0.6 is 0 Å². The van der Waals surface area contributed by atoms with E-state index in [4.69, 9.17) is 4.74 Å². The van der Waals surface area contributed by atoms with Gasteiger partial charge >= 0.3 is 0 Å². The SMILES string of the molecule is C=C[C@@H]1[C@@H](N2CCOCC2)C(C)(C)S1(=O)=O. The van der Waals surface area contributed by atoms with Gasteiger partial charge in [0.2, 0.25) is 0 Å². The van der Waals surface area contributed by atoms with Crippen molar-refractivity contribution in [2.24, 2.45) is 0 Å². The summed E-state index contributed by atoms with van der Waals surface area (Å²) in [7, 11) is -3.05. The summed E-state index contributed by atoms with van der Waals surface area (Å²) < 4.78 is 28.7. The van der Waals surface area contributed by atoms with Gasteiger partial charge in [0.1, 0.15) is 0 Å². The van der Waals surface area contributed by atoms with Gasteiger partial charge in [0, 0.05) is 19.1 Å². The van der Waals surface area contributed by atoms with Gasteiger partial charge in [-0.05, 0) is 13.8 Å². The van der Waals surface area contributed by atoms with Crippen LogP contribution in [-0.4, -0.2) is 55.7 Å². The zero-order chi connectivity index (χ0) is 12.0. The van der Waals surface area contributed by atoms with E-state index in [1.165, 1.54) is 0 Å². The number of sulfone groups is 1. The molecule has 0 aromatic heterocycles. The fourth-order valence-electron chi connectivity index (χ4n) is 2.77. The molecule has 2 saturated heterocycles. The molecule has 4 nitrogen and oxygen atoms in total. The third-order valence-electron chi connectivity index (χ3n) is 3.79. The van der Waals surface area contributed by atoms with E-state index >= 15 is 0 Å². The average molecular weight is 245 g/mol. The molecule has 2 aliphatic rings. The maximum absolute atomic E-state index is 12.0. The molecule has 0 bridgehead atoms. The number of hydrogen-bond acceptors (Lipinski definition) is 4. The van der Waals surface area contributed by atoms with Crippen molar-refractivity contribution >= 4 is 9.84 Å². The molecular formula is C11H19NO3S. The van der Waals surface area contributed by atoms with Crippen molar-refractivity contribution in [1.82, 2.24) is 4.90 Å². The summed E-state index contributed by atoms with van der Waals surface area (Å²) >= 11 is 0. The first-order valence-electron chi connectivity index (χ1n) is 5.60. The second-order valence-corrected chi connectivity index (χ2v) is 7.63. The van der Waals surface area contributed by atoms with Crippen molar-refractivity contribution in [3.8, 4) is 0 Å². The first-order chi connectivity index (χ1) is 7.43. The fourth-order valence-corrected chi connectivity index (χ4v) is 4.98. The first kappa shape index (κ1) is 12.1. The third kappa shape index (κ3) is 1.45. The van der Waals surface area contributed by atoms with Crippen LogP contribution in [0.3, 0.4) is 0 Å². The lowest BCUT2D eigenvalue weighted by atomic mass is 9.95. The molecule has 2 rings (SSSR count). The molecule has 0 aromatic carbocycles. The van der Waals surface area contributed by atoms with Crippen molar-refractivity contribution < 1.29 is 13.2 Å². The zero-order valence-corrected chi connectivity index (χ0v) is 10.7. The quantitative estimate of drug-likeness (QED) is 0.663. The third-order valence-corrected chi connectivity index (χ3v) is 6.66. The lowest BCUT2D eigenvalue weighted by Gasteiger charge is -2.54. The normalized spacial score (nSPS) is 37.6. The highest BCUT2D eigenvalue weighted by Gasteiger charge is 2.62. The van der Waals surface area contributed by atoms with Crippen molar-refractivity contribution in [3.05, 3.63) is 12.7 Å². The smallest absolute Gasteiger partial charge is 0.165 e. The zero-order valence-electron chi connectivity index (χ0n) is 9.85. The molecule has 0 spiro atoms. The van der Waals surface area contributed by atoms with Gasteiger partial charge in [0.05, 0.1) is 23.2 Å². The number of hydrogen-bond donors (Lipinski definition) is 0. The summed E-state index contributed by atoms with van der Waals surface area (Å²) in [6, 6.07) is 0.0545. The second kappa shape index (κ2) is 3.82. The Hall–Kier alpha value is -0.390. The van der Waals surface area contributed by atoms with E-state index in [9.17, 15) is 8.42 Å². The highest BCUT2D eigenvalue weighted by Crippen LogP contribution is 2.43. The van der Waals surface area contributed by atoms with Gasteiger partial charge in [-0.15, -0.1) is 6.58 Å². The van der Waals surface area contributed by atoms with E-state index < -0.39 is 19.8 Å². The summed E-state index contributed by atoms with van der Waals surface area (Å²) in [5.41, 5.74) is 0. The number of ether oxygens (including phenoxy) is 1. The van der Waals surface area contributed by atoms with Crippen molar-refractivity contribution in [1.29, 1.82) is 0 Å². The predicted octanol–water partition coefficient (Wildman–Crippen LogP) is 0.449. The van der Waals surface area contributed by atoms with E-state index in [1.807, 2.05) is 13.8 Å². The highest BCUT2D eigenvalue weighted by atomic mass is 32.2. The number of rotatable bonds is 2. The highest BCUT2D eigenvalue weighted by molar-refractivity contribution is 7.95. The van der Waals surface area contributed by atoms with Crippen molar-refractivity contribution in [2.45, 2.75) is 29.9 Å². The molecule has 0 unspecified atom stereocenters. The lowest BCUT2D eigenvalue weighted by Crippen LogP contribution is -2.73. The molecule has 16 heavy (non-hydrogen) atoms. The molecule has 2 fully saturated rings. The molecule has 5 heteroatoms. The van der Waals surface area contributed by atoms with Crippen LogP contribution in [0, 0.1) is 0 Å². The molecule has 2 heterocycles. The van der Waals surface area contributed by atoms with Gasteiger partial charge in [0.15, 0.2) is 9.84 Å². The van der Waals surface area contributed by atoms with Crippen LogP contribution in [0.2, 0.25) is 0 Å². The fraction of sp³-hybridized carbons (Fsp3) is 0.818. The molecule has 2 aliphatic heterocycles. The molecule has 0 saturated carbocycles. The maximum atomic E-state index is 12.0. The molecule has 0 aromatic rings. The first-order valence-corrected chi connectivity index (χ1v) is 7.15. The summed E-state index contributed by atoms with van der Waals surface area (Å²) in [5.74, 6) is 0. The van der Waals surface area contributed by atoms with Gasteiger partial charge in [-0.3, -0.25) is 4.90 Å². The Morgan fingerprint density at radius 1 is 1.38 bits per heavy atom. The monoisotopic (exact) mass is 245 g/mol. The van der Waals surface area contributed by atoms with E-state index in [0.717, 1.165) is 13.1 Å². The topological polar surface area (TPSA) is 46.6 Å². The average Bonchev–Trinajstić information content (AvgIpc) is 2.25. The van der Waals surface area contributed by atoms with E-state index in [1.54, 1.807) is 6.08 Å². The van der Waals surface area contributed by atoms with Gasteiger partial charge in [0.25, 0.3) is 0 Å². The van der Waals surface area contributed by atoms with E-state index in [0.29, 0.717) is 13.2 Å². The van der Waals surface area contributed by atoms with Crippen LogP contribution in [-0.2, 0) is 14.6 Å². The molecule has 0 amide bonds.